The van der Waals surface area contributed by atoms with E-state index in [4.69, 9.17) is 9.47 Å². The molecule has 0 spiro atoms. The Morgan fingerprint density at radius 1 is 0.867 bits per heavy atom. The van der Waals surface area contributed by atoms with Crippen molar-refractivity contribution in [3.05, 3.63) is 71.3 Å². The minimum Gasteiger partial charge on any atom is -0.352 e. The number of hydrazine groups is 1. The van der Waals surface area contributed by atoms with E-state index >= 15 is 0 Å². The van der Waals surface area contributed by atoms with Crippen LogP contribution in [0.5, 0.6) is 0 Å². The summed E-state index contributed by atoms with van der Waals surface area (Å²) in [6.07, 6.45) is 4.15. The van der Waals surface area contributed by atoms with Crippen LogP contribution in [0.3, 0.4) is 0 Å². The fourth-order valence-corrected chi connectivity index (χ4v) is 3.39. The number of benzene rings is 2. The summed E-state index contributed by atoms with van der Waals surface area (Å²) >= 11 is 0. The molecule has 2 rings (SSSR count). The first-order chi connectivity index (χ1) is 14.6. The molecule has 0 aliphatic carbocycles. The number of methoxy groups -OCH3 is 2. The van der Waals surface area contributed by atoms with E-state index in [-0.39, 0.29) is 17.7 Å². The molecule has 0 aliphatic heterocycles. The Bertz CT molecular complexity index is 774. The third-order valence-corrected chi connectivity index (χ3v) is 5.05. The monoisotopic (exact) mass is 412 g/mol. The van der Waals surface area contributed by atoms with Gasteiger partial charge in [-0.05, 0) is 30.0 Å². The average molecular weight is 413 g/mol. The zero-order valence-corrected chi connectivity index (χ0v) is 18.0. The van der Waals surface area contributed by atoms with Gasteiger partial charge < -0.3 is 9.47 Å². The highest BCUT2D eigenvalue weighted by Gasteiger charge is 2.17. The Labute approximate surface area is 178 Å². The van der Waals surface area contributed by atoms with Crippen LogP contribution in [-0.4, -0.2) is 26.0 Å². The van der Waals surface area contributed by atoms with Gasteiger partial charge in [-0.25, -0.2) is 0 Å². The number of hydrogen-bond acceptors (Lipinski definition) is 4. The van der Waals surface area contributed by atoms with E-state index in [0.717, 1.165) is 36.8 Å². The summed E-state index contributed by atoms with van der Waals surface area (Å²) in [5.41, 5.74) is 7.43. The number of amides is 2. The topological polar surface area (TPSA) is 76.7 Å². The predicted molar refractivity (Wildman–Crippen MR) is 117 cm³/mol. The predicted octanol–water partition coefficient (Wildman–Crippen LogP) is 4.49. The van der Waals surface area contributed by atoms with E-state index in [9.17, 15) is 9.59 Å². The number of rotatable bonds is 11. The Hall–Kier alpha value is -2.70. The summed E-state index contributed by atoms with van der Waals surface area (Å²) in [4.78, 5) is 24.8. The lowest BCUT2D eigenvalue weighted by Gasteiger charge is -2.17. The van der Waals surface area contributed by atoms with Crippen LogP contribution in [0, 0.1) is 0 Å². The van der Waals surface area contributed by atoms with Crippen LogP contribution in [0.15, 0.2) is 54.6 Å². The van der Waals surface area contributed by atoms with Crippen molar-refractivity contribution in [3.8, 4) is 0 Å². The summed E-state index contributed by atoms with van der Waals surface area (Å²) in [7, 11) is 3.10. The van der Waals surface area contributed by atoms with Crippen molar-refractivity contribution in [2.24, 2.45) is 0 Å². The van der Waals surface area contributed by atoms with Gasteiger partial charge in [-0.15, -0.1) is 0 Å². The van der Waals surface area contributed by atoms with E-state index < -0.39 is 6.29 Å². The molecule has 0 saturated heterocycles. The molecule has 2 aromatic rings. The molecule has 162 valence electrons. The van der Waals surface area contributed by atoms with Gasteiger partial charge in [0.15, 0.2) is 6.29 Å². The number of nitrogens with one attached hydrogen (secondary N) is 2. The van der Waals surface area contributed by atoms with Gasteiger partial charge in [0.1, 0.15) is 0 Å². The van der Waals surface area contributed by atoms with Crippen LogP contribution in [-0.2, 0) is 14.3 Å². The van der Waals surface area contributed by atoms with Crippen LogP contribution in [0.1, 0.15) is 72.7 Å². The molecule has 0 unspecified atom stereocenters. The van der Waals surface area contributed by atoms with Crippen LogP contribution >= 0.6 is 0 Å². The average Bonchev–Trinajstić information content (AvgIpc) is 2.79. The molecule has 30 heavy (non-hydrogen) atoms. The summed E-state index contributed by atoms with van der Waals surface area (Å²) in [6, 6.07) is 16.9. The lowest BCUT2D eigenvalue weighted by atomic mass is 9.90. The van der Waals surface area contributed by atoms with Gasteiger partial charge in [-0.2, -0.15) is 0 Å². The number of carbonyl (C=O) groups excluding carboxylic acids is 2. The molecule has 0 fully saturated rings. The summed E-state index contributed by atoms with van der Waals surface area (Å²) < 4.78 is 10.4. The van der Waals surface area contributed by atoms with Crippen molar-refractivity contribution in [3.63, 3.8) is 0 Å². The van der Waals surface area contributed by atoms with Crippen LogP contribution in [0.4, 0.5) is 0 Å². The van der Waals surface area contributed by atoms with E-state index in [1.807, 2.05) is 18.2 Å². The first-order valence-corrected chi connectivity index (χ1v) is 10.4. The molecular weight excluding hydrogens is 380 g/mol. The molecule has 0 radical (unpaired) electrons. The molecule has 6 heteroatoms. The minimum absolute atomic E-state index is 0.133. The summed E-state index contributed by atoms with van der Waals surface area (Å²) in [6.45, 7) is 2.16. The van der Waals surface area contributed by atoms with Crippen molar-refractivity contribution in [2.45, 2.75) is 51.2 Å². The molecule has 2 N–H and O–H groups in total. The van der Waals surface area contributed by atoms with Crippen molar-refractivity contribution in [1.82, 2.24) is 10.9 Å². The van der Waals surface area contributed by atoms with Gasteiger partial charge in [0.2, 0.25) is 5.91 Å². The second-order valence-corrected chi connectivity index (χ2v) is 7.24. The third-order valence-electron chi connectivity index (χ3n) is 5.05. The highest BCUT2D eigenvalue weighted by molar-refractivity contribution is 5.95. The highest BCUT2D eigenvalue weighted by Crippen LogP contribution is 2.25. The third kappa shape index (κ3) is 7.28. The molecule has 0 aromatic heterocycles. The largest absolute Gasteiger partial charge is 0.352 e. The minimum atomic E-state index is -0.482. The van der Waals surface area contributed by atoms with E-state index in [0.29, 0.717) is 12.0 Å². The van der Waals surface area contributed by atoms with Crippen LogP contribution in [0.25, 0.3) is 0 Å². The zero-order valence-electron chi connectivity index (χ0n) is 18.0. The van der Waals surface area contributed by atoms with Gasteiger partial charge in [0, 0.05) is 31.8 Å². The SMILES string of the molecule is CCCCC[C@H](CC(=O)NNC(=O)c1ccc(C(OC)OC)cc1)c1ccccc1. The molecule has 0 heterocycles. The standard InChI is InChI=1S/C24H32N2O4/c1-4-5-7-12-21(18-10-8-6-9-11-18)17-22(27)25-26-23(28)19-13-15-20(16-14-19)24(29-2)30-3/h6,8-11,13-16,21,24H,4-5,7,12,17H2,1-3H3,(H,25,27)(H,26,28)/t21-/m1/s1. The maximum atomic E-state index is 12.5. The first kappa shape index (κ1) is 23.6. The fraction of sp³-hybridized carbons (Fsp3) is 0.417. The number of hydrogen-bond donors (Lipinski definition) is 2. The van der Waals surface area contributed by atoms with Crippen LogP contribution < -0.4 is 10.9 Å². The molecule has 2 amide bonds. The Balaban J connectivity index is 1.90. The normalized spacial score (nSPS) is 11.9. The highest BCUT2D eigenvalue weighted by atomic mass is 16.7. The lowest BCUT2D eigenvalue weighted by Crippen LogP contribution is -2.42. The molecule has 1 atom stereocenters. The molecular formula is C24H32N2O4. The number of ether oxygens (including phenoxy) is 2. The first-order valence-electron chi connectivity index (χ1n) is 10.4. The second-order valence-electron chi connectivity index (χ2n) is 7.24. The number of unbranched alkanes of at least 4 members (excludes halogenated alkanes) is 2. The summed E-state index contributed by atoms with van der Waals surface area (Å²) in [5, 5.41) is 0. The zero-order chi connectivity index (χ0) is 21.8. The summed E-state index contributed by atoms with van der Waals surface area (Å²) in [5.74, 6) is -0.443. The molecule has 0 saturated carbocycles. The van der Waals surface area contributed by atoms with E-state index in [2.05, 4.69) is 29.9 Å². The molecule has 0 aliphatic rings. The Morgan fingerprint density at radius 2 is 1.53 bits per heavy atom. The van der Waals surface area contributed by atoms with Gasteiger partial charge >= 0.3 is 0 Å². The van der Waals surface area contributed by atoms with Crippen LogP contribution in [0.2, 0.25) is 0 Å². The van der Waals surface area contributed by atoms with E-state index in [1.165, 1.54) is 0 Å². The van der Waals surface area contributed by atoms with Crippen molar-refractivity contribution < 1.29 is 19.1 Å². The molecule has 6 nitrogen and oxygen atoms in total. The van der Waals surface area contributed by atoms with Crippen molar-refractivity contribution in [1.29, 1.82) is 0 Å². The lowest BCUT2D eigenvalue weighted by molar-refractivity contribution is -0.122. The quantitative estimate of drug-likeness (QED) is 0.324. The van der Waals surface area contributed by atoms with Crippen molar-refractivity contribution in [2.75, 3.05) is 14.2 Å². The Morgan fingerprint density at radius 3 is 2.13 bits per heavy atom. The van der Waals surface area contributed by atoms with Gasteiger partial charge in [-0.1, -0.05) is 68.7 Å². The fourth-order valence-electron chi connectivity index (χ4n) is 3.39. The maximum absolute atomic E-state index is 12.5. The van der Waals surface area contributed by atoms with Gasteiger partial charge in [0.05, 0.1) is 0 Å². The number of carbonyl (C=O) groups is 2. The Kier molecular flexibility index (Phi) is 10.0. The molecule has 2 aromatic carbocycles. The smallest absolute Gasteiger partial charge is 0.269 e. The van der Waals surface area contributed by atoms with Gasteiger partial charge in [0.25, 0.3) is 5.91 Å². The van der Waals surface area contributed by atoms with Gasteiger partial charge in [-0.3, -0.25) is 20.4 Å². The van der Waals surface area contributed by atoms with E-state index in [1.54, 1.807) is 38.5 Å². The maximum Gasteiger partial charge on any atom is 0.269 e. The van der Waals surface area contributed by atoms with Crippen molar-refractivity contribution >= 4 is 11.8 Å². The second kappa shape index (κ2) is 12.8. The molecule has 0 bridgehead atoms.